The van der Waals surface area contributed by atoms with E-state index < -0.39 is 0 Å². The zero-order valence-corrected chi connectivity index (χ0v) is 15.6. The van der Waals surface area contributed by atoms with E-state index >= 15 is 0 Å². The van der Waals surface area contributed by atoms with Gasteiger partial charge in [-0.05, 0) is 38.7 Å². The minimum atomic E-state index is -0.0882. The quantitative estimate of drug-likeness (QED) is 0.902. The fourth-order valence-electron chi connectivity index (χ4n) is 3.73. The summed E-state index contributed by atoms with van der Waals surface area (Å²) in [7, 11) is 0. The van der Waals surface area contributed by atoms with Crippen molar-refractivity contribution in [2.75, 3.05) is 13.1 Å². The molecule has 0 spiro atoms. The van der Waals surface area contributed by atoms with E-state index in [4.69, 9.17) is 0 Å². The largest absolute Gasteiger partial charge is 0.342 e. The Morgan fingerprint density at radius 3 is 2.68 bits per heavy atom. The molecule has 0 radical (unpaired) electrons. The highest BCUT2D eigenvalue weighted by atomic mass is 16.2. The molecule has 0 aliphatic carbocycles. The highest BCUT2D eigenvalue weighted by Gasteiger charge is 2.28. The molecule has 0 aromatic carbocycles. The van der Waals surface area contributed by atoms with Gasteiger partial charge in [0.1, 0.15) is 11.6 Å². The van der Waals surface area contributed by atoms with E-state index in [1.54, 1.807) is 0 Å². The molecule has 1 fully saturated rings. The van der Waals surface area contributed by atoms with Crippen molar-refractivity contribution >= 4 is 5.91 Å². The zero-order chi connectivity index (χ0) is 18.0. The SMILES string of the molecule is CCc1cn[nH]c1C1CCN(C(=O)[C@H](C)Cn2nc(C)nc2C)CC1. The number of hydrogen-bond donors (Lipinski definition) is 1. The first-order valence-corrected chi connectivity index (χ1v) is 9.18. The Hall–Kier alpha value is -2.18. The molecule has 2 aromatic rings. The van der Waals surface area contributed by atoms with Crippen molar-refractivity contribution < 1.29 is 4.79 Å². The Kier molecular flexibility index (Phi) is 5.20. The summed E-state index contributed by atoms with van der Waals surface area (Å²) in [6.07, 6.45) is 4.92. The van der Waals surface area contributed by atoms with Crippen LogP contribution in [0.25, 0.3) is 0 Å². The van der Waals surface area contributed by atoms with Crippen molar-refractivity contribution in [1.82, 2.24) is 29.9 Å². The molecular formula is C18H28N6O. The first-order chi connectivity index (χ1) is 12.0. The molecule has 0 saturated carbocycles. The maximum absolute atomic E-state index is 12.8. The predicted molar refractivity (Wildman–Crippen MR) is 95.2 cm³/mol. The van der Waals surface area contributed by atoms with E-state index in [-0.39, 0.29) is 11.8 Å². The number of nitrogens with one attached hydrogen (secondary N) is 1. The lowest BCUT2D eigenvalue weighted by molar-refractivity contribution is -0.136. The Balaban J connectivity index is 1.57. The second-order valence-corrected chi connectivity index (χ2v) is 7.05. The molecular weight excluding hydrogens is 316 g/mol. The molecule has 7 nitrogen and oxygen atoms in total. The average molecular weight is 344 g/mol. The van der Waals surface area contributed by atoms with E-state index in [9.17, 15) is 4.79 Å². The number of aromatic nitrogens is 5. The molecule has 136 valence electrons. The molecule has 3 heterocycles. The lowest BCUT2D eigenvalue weighted by Crippen LogP contribution is -2.42. The lowest BCUT2D eigenvalue weighted by atomic mass is 9.90. The number of H-pyrrole nitrogens is 1. The summed E-state index contributed by atoms with van der Waals surface area (Å²) in [5.74, 6) is 2.23. The number of nitrogens with zero attached hydrogens (tertiary/aromatic N) is 5. The third kappa shape index (κ3) is 3.75. The van der Waals surface area contributed by atoms with Gasteiger partial charge in [0, 0.05) is 24.7 Å². The predicted octanol–water partition coefficient (Wildman–Crippen LogP) is 2.22. The Bertz CT molecular complexity index is 726. The van der Waals surface area contributed by atoms with Crippen molar-refractivity contribution in [2.45, 2.75) is 59.4 Å². The fraction of sp³-hybridized carbons (Fsp3) is 0.667. The standard InChI is InChI=1S/C18H28N6O/c1-5-15-10-19-21-17(15)16-6-8-23(9-7-16)18(25)12(2)11-24-14(4)20-13(3)22-24/h10,12,16H,5-9,11H2,1-4H3,(H,19,21)/t12-/m1/s1. The minimum Gasteiger partial charge on any atom is -0.342 e. The van der Waals surface area contributed by atoms with Gasteiger partial charge in [0.25, 0.3) is 0 Å². The number of rotatable bonds is 5. The number of amides is 1. The van der Waals surface area contributed by atoms with Gasteiger partial charge in [-0.3, -0.25) is 9.89 Å². The van der Waals surface area contributed by atoms with Crippen molar-refractivity contribution in [3.8, 4) is 0 Å². The van der Waals surface area contributed by atoms with Crippen LogP contribution in [0.3, 0.4) is 0 Å². The lowest BCUT2D eigenvalue weighted by Gasteiger charge is -2.33. The highest BCUT2D eigenvalue weighted by molar-refractivity contribution is 5.78. The number of piperidine rings is 1. The van der Waals surface area contributed by atoms with E-state index in [0.29, 0.717) is 12.5 Å². The van der Waals surface area contributed by atoms with Crippen LogP contribution in [-0.2, 0) is 17.8 Å². The van der Waals surface area contributed by atoms with Crippen LogP contribution in [0.1, 0.15) is 55.5 Å². The van der Waals surface area contributed by atoms with Crippen LogP contribution in [0.2, 0.25) is 0 Å². The number of aryl methyl sites for hydroxylation is 3. The summed E-state index contributed by atoms with van der Waals surface area (Å²) in [6.45, 7) is 10.2. The smallest absolute Gasteiger partial charge is 0.227 e. The summed E-state index contributed by atoms with van der Waals surface area (Å²) in [5, 5.41) is 11.7. The maximum atomic E-state index is 12.8. The molecule has 1 saturated heterocycles. The van der Waals surface area contributed by atoms with Crippen LogP contribution in [0.4, 0.5) is 0 Å². The van der Waals surface area contributed by atoms with Gasteiger partial charge in [-0.2, -0.15) is 10.2 Å². The first kappa shape index (κ1) is 17.6. The highest BCUT2D eigenvalue weighted by Crippen LogP contribution is 2.29. The topological polar surface area (TPSA) is 79.7 Å². The second-order valence-electron chi connectivity index (χ2n) is 7.05. The summed E-state index contributed by atoms with van der Waals surface area (Å²) in [6, 6.07) is 0. The van der Waals surface area contributed by atoms with Gasteiger partial charge in [-0.1, -0.05) is 13.8 Å². The fourth-order valence-corrected chi connectivity index (χ4v) is 3.73. The van der Waals surface area contributed by atoms with E-state index in [2.05, 4.69) is 27.2 Å². The molecule has 1 atom stereocenters. The number of hydrogen-bond acceptors (Lipinski definition) is 4. The Labute approximate surface area is 148 Å². The van der Waals surface area contributed by atoms with Crippen molar-refractivity contribution in [2.24, 2.45) is 5.92 Å². The average Bonchev–Trinajstić information content (AvgIpc) is 3.20. The third-order valence-electron chi connectivity index (χ3n) is 5.18. The molecule has 2 aromatic heterocycles. The van der Waals surface area contributed by atoms with Gasteiger partial charge >= 0.3 is 0 Å². The Morgan fingerprint density at radius 1 is 1.36 bits per heavy atom. The molecule has 1 aliphatic rings. The van der Waals surface area contributed by atoms with Gasteiger partial charge < -0.3 is 4.90 Å². The van der Waals surface area contributed by atoms with Crippen molar-refractivity contribution in [3.63, 3.8) is 0 Å². The Morgan fingerprint density at radius 2 is 2.08 bits per heavy atom. The van der Waals surface area contributed by atoms with Gasteiger partial charge in [-0.15, -0.1) is 0 Å². The van der Waals surface area contributed by atoms with Crippen molar-refractivity contribution in [3.05, 3.63) is 29.1 Å². The van der Waals surface area contributed by atoms with Gasteiger partial charge in [0.15, 0.2) is 0 Å². The molecule has 1 N–H and O–H groups in total. The van der Waals surface area contributed by atoms with Crippen LogP contribution >= 0.6 is 0 Å². The van der Waals surface area contributed by atoms with Crippen LogP contribution in [0.15, 0.2) is 6.20 Å². The molecule has 1 aliphatic heterocycles. The molecule has 3 rings (SSSR count). The van der Waals surface area contributed by atoms with Gasteiger partial charge in [-0.25, -0.2) is 9.67 Å². The summed E-state index contributed by atoms with van der Waals surface area (Å²) in [5.41, 5.74) is 2.56. The van der Waals surface area contributed by atoms with Gasteiger partial charge in [0.05, 0.1) is 18.7 Å². The van der Waals surface area contributed by atoms with Crippen LogP contribution in [0.5, 0.6) is 0 Å². The summed E-state index contributed by atoms with van der Waals surface area (Å²) < 4.78 is 1.84. The monoisotopic (exact) mass is 344 g/mol. The maximum Gasteiger partial charge on any atom is 0.227 e. The molecule has 0 unspecified atom stereocenters. The van der Waals surface area contributed by atoms with E-state index in [1.165, 1.54) is 11.3 Å². The number of carbonyl (C=O) groups excluding carboxylic acids is 1. The summed E-state index contributed by atoms with van der Waals surface area (Å²) in [4.78, 5) is 19.1. The molecule has 1 amide bonds. The number of carbonyl (C=O) groups is 1. The van der Waals surface area contributed by atoms with Crippen LogP contribution in [-0.4, -0.2) is 48.9 Å². The minimum absolute atomic E-state index is 0.0882. The van der Waals surface area contributed by atoms with Crippen molar-refractivity contribution in [1.29, 1.82) is 0 Å². The number of aromatic amines is 1. The van der Waals surface area contributed by atoms with Crippen LogP contribution < -0.4 is 0 Å². The van der Waals surface area contributed by atoms with Crippen LogP contribution in [0, 0.1) is 19.8 Å². The third-order valence-corrected chi connectivity index (χ3v) is 5.18. The normalized spacial score (nSPS) is 17.0. The zero-order valence-electron chi connectivity index (χ0n) is 15.6. The molecule has 25 heavy (non-hydrogen) atoms. The van der Waals surface area contributed by atoms with Gasteiger partial charge in [0.2, 0.25) is 5.91 Å². The first-order valence-electron chi connectivity index (χ1n) is 9.18. The van der Waals surface area contributed by atoms with E-state index in [0.717, 1.165) is 44.0 Å². The second kappa shape index (κ2) is 7.37. The number of likely N-dealkylation sites (tertiary alicyclic amines) is 1. The molecule has 0 bridgehead atoms. The summed E-state index contributed by atoms with van der Waals surface area (Å²) >= 11 is 0. The molecule has 7 heteroatoms. The van der Waals surface area contributed by atoms with E-state index in [1.807, 2.05) is 36.5 Å².